The second kappa shape index (κ2) is 4.94. The van der Waals surface area contributed by atoms with Gasteiger partial charge >= 0.3 is 0 Å². The topological polar surface area (TPSA) is 65.0 Å². The van der Waals surface area contributed by atoms with Crippen LogP contribution in [0.15, 0.2) is 48.4 Å². The van der Waals surface area contributed by atoms with Crippen molar-refractivity contribution in [2.45, 2.75) is 6.10 Å². The summed E-state index contributed by atoms with van der Waals surface area (Å²) < 4.78 is 16.6. The van der Waals surface area contributed by atoms with Gasteiger partial charge in [0.1, 0.15) is 25.1 Å². The Labute approximate surface area is 127 Å². The van der Waals surface area contributed by atoms with Gasteiger partial charge < -0.3 is 19.3 Å². The van der Waals surface area contributed by atoms with Crippen molar-refractivity contribution >= 4 is 11.4 Å². The summed E-state index contributed by atoms with van der Waals surface area (Å²) >= 11 is 0. The van der Waals surface area contributed by atoms with Crippen LogP contribution in [0.1, 0.15) is 5.56 Å². The fourth-order valence-corrected chi connectivity index (χ4v) is 2.81. The molecule has 0 spiro atoms. The summed E-state index contributed by atoms with van der Waals surface area (Å²) in [5.41, 5.74) is 1.23. The van der Waals surface area contributed by atoms with Crippen molar-refractivity contribution in [3.05, 3.63) is 54.0 Å². The number of carbonyl (C=O) groups is 1. The molecule has 0 fully saturated rings. The Morgan fingerprint density at radius 2 is 1.95 bits per heavy atom. The normalized spacial score (nSPS) is 25.7. The van der Waals surface area contributed by atoms with E-state index in [1.807, 2.05) is 6.07 Å². The lowest BCUT2D eigenvalue weighted by Crippen LogP contribution is -2.33. The van der Waals surface area contributed by atoms with Crippen LogP contribution in [0.2, 0.25) is 0 Å². The van der Waals surface area contributed by atoms with Gasteiger partial charge in [-0.3, -0.25) is 4.79 Å². The Bertz CT molecular complexity index is 729. The Kier molecular flexibility index (Phi) is 2.92. The van der Waals surface area contributed by atoms with E-state index in [0.29, 0.717) is 30.3 Å². The lowest BCUT2D eigenvalue weighted by atomic mass is 9.85. The quantitative estimate of drug-likeness (QED) is 0.862. The molecule has 2 heterocycles. The molecule has 2 aliphatic heterocycles. The molecule has 4 rings (SSSR count). The molecule has 3 aliphatic rings. The molecule has 0 amide bonds. The molecule has 0 bridgehead atoms. The standard InChI is InChI=1S/C17H14O5/c18-11-2-3-12-15(8-11)22-9-13(17(12)19)10-1-4-14-16(7-10)21-6-5-20-14/h1-4,7-9,12,15,18H,5-6H2. The van der Waals surface area contributed by atoms with Crippen molar-refractivity contribution in [1.82, 2.24) is 0 Å². The highest BCUT2D eigenvalue weighted by atomic mass is 16.6. The lowest BCUT2D eigenvalue weighted by Gasteiger charge is -2.29. The van der Waals surface area contributed by atoms with Crippen LogP contribution in [0.4, 0.5) is 0 Å². The summed E-state index contributed by atoms with van der Waals surface area (Å²) in [5.74, 6) is 0.988. The molecule has 2 unspecified atom stereocenters. The van der Waals surface area contributed by atoms with Gasteiger partial charge in [0.15, 0.2) is 17.3 Å². The van der Waals surface area contributed by atoms with Gasteiger partial charge in [0, 0.05) is 0 Å². The maximum atomic E-state index is 12.7. The monoisotopic (exact) mass is 298 g/mol. The van der Waals surface area contributed by atoms with Gasteiger partial charge in [-0.25, -0.2) is 0 Å². The highest BCUT2D eigenvalue weighted by molar-refractivity contribution is 6.23. The first-order chi connectivity index (χ1) is 10.7. The molecule has 22 heavy (non-hydrogen) atoms. The zero-order valence-corrected chi connectivity index (χ0v) is 11.7. The minimum atomic E-state index is -0.446. The number of ether oxygens (including phenoxy) is 3. The minimum Gasteiger partial charge on any atom is -0.508 e. The van der Waals surface area contributed by atoms with Crippen LogP contribution in [0, 0.1) is 5.92 Å². The molecule has 5 heteroatoms. The average molecular weight is 298 g/mol. The van der Waals surface area contributed by atoms with Crippen LogP contribution in [0.3, 0.4) is 0 Å². The number of benzene rings is 1. The van der Waals surface area contributed by atoms with Gasteiger partial charge in [-0.15, -0.1) is 0 Å². The van der Waals surface area contributed by atoms with Crippen molar-refractivity contribution in [3.8, 4) is 11.5 Å². The number of carbonyl (C=O) groups excluding carboxylic acids is 1. The van der Waals surface area contributed by atoms with Gasteiger partial charge in [0.05, 0.1) is 17.8 Å². The molecule has 0 saturated heterocycles. The maximum absolute atomic E-state index is 12.7. The zero-order valence-electron chi connectivity index (χ0n) is 11.7. The maximum Gasteiger partial charge on any atom is 0.177 e. The van der Waals surface area contributed by atoms with E-state index in [1.165, 1.54) is 12.3 Å². The predicted octanol–water partition coefficient (Wildman–Crippen LogP) is 2.39. The zero-order chi connectivity index (χ0) is 15.1. The third kappa shape index (κ3) is 2.06. The number of rotatable bonds is 1. The lowest BCUT2D eigenvalue weighted by molar-refractivity contribution is -0.119. The molecule has 1 aromatic rings. The van der Waals surface area contributed by atoms with Crippen molar-refractivity contribution in [2.75, 3.05) is 13.2 Å². The van der Waals surface area contributed by atoms with Gasteiger partial charge in [0.2, 0.25) is 0 Å². The summed E-state index contributed by atoms with van der Waals surface area (Å²) in [6, 6.07) is 5.41. The largest absolute Gasteiger partial charge is 0.508 e. The molecule has 112 valence electrons. The van der Waals surface area contributed by atoms with Crippen molar-refractivity contribution in [2.24, 2.45) is 5.92 Å². The molecule has 5 nitrogen and oxygen atoms in total. The Balaban J connectivity index is 1.68. The smallest absolute Gasteiger partial charge is 0.177 e. The Morgan fingerprint density at radius 1 is 1.14 bits per heavy atom. The van der Waals surface area contributed by atoms with Crippen LogP contribution in [-0.2, 0) is 9.53 Å². The van der Waals surface area contributed by atoms with E-state index in [1.54, 1.807) is 24.3 Å². The number of aliphatic hydroxyl groups is 1. The van der Waals surface area contributed by atoms with Crippen molar-refractivity contribution < 1.29 is 24.1 Å². The van der Waals surface area contributed by atoms with E-state index in [4.69, 9.17) is 14.2 Å². The van der Waals surface area contributed by atoms with E-state index in [0.717, 1.165) is 5.56 Å². The summed E-state index contributed by atoms with van der Waals surface area (Å²) in [4.78, 5) is 12.7. The van der Waals surface area contributed by atoms with Crippen LogP contribution < -0.4 is 9.47 Å². The highest BCUT2D eigenvalue weighted by Crippen LogP contribution is 2.36. The van der Waals surface area contributed by atoms with Crippen molar-refractivity contribution in [1.29, 1.82) is 0 Å². The number of fused-ring (bicyclic) bond motifs is 2. The molecule has 1 aliphatic carbocycles. The number of hydrogen-bond donors (Lipinski definition) is 1. The molecular formula is C17H14O5. The first kappa shape index (κ1) is 13.0. The average Bonchev–Trinajstić information content (AvgIpc) is 2.54. The molecule has 2 atom stereocenters. The number of aliphatic hydroxyl groups excluding tert-OH is 1. The van der Waals surface area contributed by atoms with Crippen LogP contribution in [0.25, 0.3) is 5.57 Å². The summed E-state index contributed by atoms with van der Waals surface area (Å²) in [5, 5.41) is 9.48. The Hall–Kier alpha value is -2.69. The van der Waals surface area contributed by atoms with Crippen molar-refractivity contribution in [3.63, 3.8) is 0 Å². The molecule has 0 radical (unpaired) electrons. The van der Waals surface area contributed by atoms with Crippen LogP contribution in [-0.4, -0.2) is 30.2 Å². The molecule has 0 saturated carbocycles. The van der Waals surface area contributed by atoms with E-state index in [9.17, 15) is 9.90 Å². The van der Waals surface area contributed by atoms with Gasteiger partial charge in [-0.2, -0.15) is 0 Å². The number of hydrogen-bond acceptors (Lipinski definition) is 5. The second-order valence-electron chi connectivity index (χ2n) is 5.33. The first-order valence-corrected chi connectivity index (χ1v) is 7.11. The van der Waals surface area contributed by atoms with Gasteiger partial charge in [-0.05, 0) is 29.8 Å². The minimum absolute atomic E-state index is 0.0343. The highest BCUT2D eigenvalue weighted by Gasteiger charge is 2.35. The Morgan fingerprint density at radius 3 is 2.82 bits per heavy atom. The fraction of sp³-hybridized carbons (Fsp3) is 0.235. The molecule has 1 aromatic carbocycles. The van der Waals surface area contributed by atoms with Crippen LogP contribution >= 0.6 is 0 Å². The van der Waals surface area contributed by atoms with E-state index < -0.39 is 12.0 Å². The fourth-order valence-electron chi connectivity index (χ4n) is 2.81. The number of allylic oxidation sites excluding steroid dienone is 2. The summed E-state index contributed by atoms with van der Waals surface area (Å²) in [6.07, 6.45) is 5.75. The van der Waals surface area contributed by atoms with Gasteiger partial charge in [0.25, 0.3) is 0 Å². The summed E-state index contributed by atoms with van der Waals surface area (Å²) in [6.45, 7) is 1.03. The molecular weight excluding hydrogens is 284 g/mol. The first-order valence-electron chi connectivity index (χ1n) is 7.11. The molecule has 0 aromatic heterocycles. The van der Waals surface area contributed by atoms with E-state index in [2.05, 4.69) is 0 Å². The number of ketones is 1. The SMILES string of the molecule is O=C1C(c2ccc3c(c2)OCCO3)=COC2C=C(O)C=CC12. The predicted molar refractivity (Wildman–Crippen MR) is 78.6 cm³/mol. The van der Waals surface area contributed by atoms with Gasteiger partial charge in [-0.1, -0.05) is 12.1 Å². The van der Waals surface area contributed by atoms with E-state index in [-0.39, 0.29) is 11.5 Å². The second-order valence-corrected chi connectivity index (χ2v) is 5.33. The summed E-state index contributed by atoms with van der Waals surface area (Å²) in [7, 11) is 0. The number of Topliss-reactive ketones (excluding diaryl/α,β-unsaturated/α-hetero) is 1. The molecule has 1 N–H and O–H groups in total. The van der Waals surface area contributed by atoms with Crippen LogP contribution in [0.5, 0.6) is 11.5 Å². The third-order valence-corrected chi connectivity index (χ3v) is 3.93. The van der Waals surface area contributed by atoms with E-state index >= 15 is 0 Å². The third-order valence-electron chi connectivity index (χ3n) is 3.93.